The number of hydrogen-bond donors (Lipinski definition) is 2. The molecule has 0 aliphatic carbocycles. The Hall–Kier alpha value is -2.34. The van der Waals surface area contributed by atoms with Gasteiger partial charge in [-0.05, 0) is 13.0 Å². The van der Waals surface area contributed by atoms with Gasteiger partial charge in [-0.25, -0.2) is 10.8 Å². The van der Waals surface area contributed by atoms with Crippen LogP contribution in [0.25, 0.3) is 0 Å². The van der Waals surface area contributed by atoms with Gasteiger partial charge in [-0.15, -0.1) is 0 Å². The second-order valence-corrected chi connectivity index (χ2v) is 4.72. The van der Waals surface area contributed by atoms with Crippen molar-refractivity contribution < 1.29 is 4.74 Å². The normalized spacial score (nSPS) is 14.2. The Labute approximate surface area is 117 Å². The molecule has 6 heteroatoms. The summed E-state index contributed by atoms with van der Waals surface area (Å²) in [5.74, 6) is 7.63. The molecule has 3 rings (SSSR count). The maximum atomic E-state index is 5.77. The van der Waals surface area contributed by atoms with Crippen LogP contribution >= 0.6 is 0 Å². The molecule has 0 radical (unpaired) electrons. The number of fused-ring (bicyclic) bond motifs is 1. The average molecular weight is 271 g/mol. The van der Waals surface area contributed by atoms with Gasteiger partial charge < -0.3 is 9.64 Å². The number of nitrogens with zero attached hydrogens (tertiary/aromatic N) is 3. The molecule has 0 fully saturated rings. The van der Waals surface area contributed by atoms with Gasteiger partial charge in [-0.2, -0.15) is 4.98 Å². The number of nitrogens with one attached hydrogen (secondary N) is 1. The maximum absolute atomic E-state index is 5.77. The Kier molecular flexibility index (Phi) is 3.39. The topological polar surface area (TPSA) is 76.3 Å². The monoisotopic (exact) mass is 271 g/mol. The van der Waals surface area contributed by atoms with E-state index in [1.807, 2.05) is 25.1 Å². The lowest BCUT2D eigenvalue weighted by Gasteiger charge is -2.22. The van der Waals surface area contributed by atoms with Gasteiger partial charge >= 0.3 is 0 Å². The highest BCUT2D eigenvalue weighted by atomic mass is 16.5. The van der Waals surface area contributed by atoms with E-state index in [0.29, 0.717) is 12.6 Å². The lowest BCUT2D eigenvalue weighted by molar-refractivity contribution is 0.331. The predicted octanol–water partition coefficient (Wildman–Crippen LogP) is 1.47. The zero-order valence-electron chi connectivity index (χ0n) is 11.3. The number of aromatic nitrogens is 2. The van der Waals surface area contributed by atoms with Gasteiger partial charge in [-0.3, -0.25) is 5.43 Å². The number of hydrazine groups is 1. The summed E-state index contributed by atoms with van der Waals surface area (Å²) in [6.07, 6.45) is 1.77. The summed E-state index contributed by atoms with van der Waals surface area (Å²) >= 11 is 0. The molecule has 20 heavy (non-hydrogen) atoms. The number of aryl methyl sites for hydroxylation is 1. The first-order chi connectivity index (χ1) is 9.78. The summed E-state index contributed by atoms with van der Waals surface area (Å²) in [5.41, 5.74) is 4.66. The molecule has 2 heterocycles. The summed E-state index contributed by atoms with van der Waals surface area (Å²) in [6, 6.07) is 8.08. The number of ether oxygens (including phenoxy) is 1. The quantitative estimate of drug-likeness (QED) is 0.636. The molecule has 0 unspecified atom stereocenters. The highest BCUT2D eigenvalue weighted by molar-refractivity contribution is 5.50. The smallest absolute Gasteiger partial charge is 0.239 e. The fraction of sp³-hybridized carbons (Fsp3) is 0.286. The Balaban J connectivity index is 1.95. The third-order valence-corrected chi connectivity index (χ3v) is 3.33. The number of hydrogen-bond acceptors (Lipinski definition) is 6. The molecule has 6 nitrogen and oxygen atoms in total. The van der Waals surface area contributed by atoms with Crippen LogP contribution in [-0.2, 0) is 6.54 Å². The van der Waals surface area contributed by atoms with E-state index in [9.17, 15) is 0 Å². The Morgan fingerprint density at radius 2 is 2.20 bits per heavy atom. The summed E-state index contributed by atoms with van der Waals surface area (Å²) in [5, 5.41) is 0. The highest BCUT2D eigenvalue weighted by Gasteiger charge is 2.18. The number of benzene rings is 1. The second-order valence-electron chi connectivity index (χ2n) is 4.72. The van der Waals surface area contributed by atoms with E-state index in [2.05, 4.69) is 26.4 Å². The fourth-order valence-corrected chi connectivity index (χ4v) is 2.33. The number of para-hydroxylation sites is 1. The summed E-state index contributed by atoms with van der Waals surface area (Å²) in [4.78, 5) is 10.8. The lowest BCUT2D eigenvalue weighted by atomic mass is 10.2. The molecule has 0 bridgehead atoms. The fourth-order valence-electron chi connectivity index (χ4n) is 2.33. The van der Waals surface area contributed by atoms with E-state index in [1.54, 1.807) is 6.20 Å². The molecule has 3 N–H and O–H groups in total. The molecule has 0 amide bonds. The molecule has 2 aromatic rings. The molecule has 0 spiro atoms. The van der Waals surface area contributed by atoms with Crippen molar-refractivity contribution in [3.8, 4) is 5.75 Å². The van der Waals surface area contributed by atoms with Crippen LogP contribution in [0.15, 0.2) is 30.5 Å². The first-order valence-corrected chi connectivity index (χ1v) is 6.54. The Morgan fingerprint density at radius 3 is 3.05 bits per heavy atom. The van der Waals surface area contributed by atoms with Gasteiger partial charge in [0, 0.05) is 23.9 Å². The molecular formula is C14H17N5O. The summed E-state index contributed by atoms with van der Waals surface area (Å²) in [7, 11) is 0. The Bertz CT molecular complexity index is 616. The highest BCUT2D eigenvalue weighted by Crippen LogP contribution is 2.26. The molecule has 0 saturated carbocycles. The van der Waals surface area contributed by atoms with E-state index < -0.39 is 0 Å². The van der Waals surface area contributed by atoms with E-state index in [4.69, 9.17) is 10.6 Å². The van der Waals surface area contributed by atoms with E-state index in [1.165, 1.54) is 0 Å². The van der Waals surface area contributed by atoms with Crippen LogP contribution in [0.2, 0.25) is 0 Å². The molecule has 1 aliphatic heterocycles. The van der Waals surface area contributed by atoms with Gasteiger partial charge in [0.25, 0.3) is 0 Å². The predicted molar refractivity (Wildman–Crippen MR) is 77.6 cm³/mol. The molecule has 0 atom stereocenters. The lowest BCUT2D eigenvalue weighted by Crippen LogP contribution is -2.27. The van der Waals surface area contributed by atoms with Crippen molar-refractivity contribution in [1.82, 2.24) is 9.97 Å². The first-order valence-electron chi connectivity index (χ1n) is 6.54. The molecule has 104 valence electrons. The van der Waals surface area contributed by atoms with Crippen LogP contribution in [0.5, 0.6) is 5.75 Å². The van der Waals surface area contributed by atoms with Gasteiger partial charge in [-0.1, -0.05) is 18.2 Å². The minimum absolute atomic E-state index is 0.420. The van der Waals surface area contributed by atoms with Crippen LogP contribution in [0, 0.1) is 6.92 Å². The van der Waals surface area contributed by atoms with Crippen molar-refractivity contribution in [2.24, 2.45) is 5.84 Å². The second kappa shape index (κ2) is 5.34. The van der Waals surface area contributed by atoms with Crippen LogP contribution < -0.4 is 20.9 Å². The van der Waals surface area contributed by atoms with Gasteiger partial charge in [0.2, 0.25) is 5.95 Å². The number of anilines is 2. The Morgan fingerprint density at radius 1 is 1.35 bits per heavy atom. The van der Waals surface area contributed by atoms with E-state index >= 15 is 0 Å². The van der Waals surface area contributed by atoms with Crippen molar-refractivity contribution in [1.29, 1.82) is 0 Å². The van der Waals surface area contributed by atoms with Crippen molar-refractivity contribution in [3.63, 3.8) is 0 Å². The van der Waals surface area contributed by atoms with E-state index in [-0.39, 0.29) is 0 Å². The minimum Gasteiger partial charge on any atom is -0.491 e. The minimum atomic E-state index is 0.420. The van der Waals surface area contributed by atoms with Crippen LogP contribution in [0.4, 0.5) is 11.8 Å². The molecule has 1 aromatic heterocycles. The third-order valence-electron chi connectivity index (χ3n) is 3.33. The van der Waals surface area contributed by atoms with Crippen molar-refractivity contribution in [2.75, 3.05) is 23.5 Å². The number of nitrogens with two attached hydrogens (primary N) is 1. The summed E-state index contributed by atoms with van der Waals surface area (Å²) < 4.78 is 5.77. The van der Waals surface area contributed by atoms with Gasteiger partial charge in [0.05, 0.1) is 6.54 Å². The van der Waals surface area contributed by atoms with Crippen LogP contribution in [0.3, 0.4) is 0 Å². The van der Waals surface area contributed by atoms with Crippen molar-refractivity contribution >= 4 is 11.8 Å². The summed E-state index contributed by atoms with van der Waals surface area (Å²) in [6.45, 7) is 4.16. The van der Waals surface area contributed by atoms with E-state index in [0.717, 1.165) is 35.8 Å². The van der Waals surface area contributed by atoms with Gasteiger partial charge in [0.1, 0.15) is 18.2 Å². The number of rotatable bonds is 2. The first kappa shape index (κ1) is 12.7. The molecule has 1 aromatic carbocycles. The average Bonchev–Trinajstić information content (AvgIpc) is 2.70. The largest absolute Gasteiger partial charge is 0.491 e. The van der Waals surface area contributed by atoms with Crippen molar-refractivity contribution in [2.45, 2.75) is 13.5 Å². The standard InChI is InChI=1S/C14H17N5O/c1-10-8-16-14(18-15)17-13(10)19-6-7-20-12-5-3-2-4-11(12)9-19/h2-5,8H,6-7,9,15H2,1H3,(H,16,17,18). The molecular weight excluding hydrogens is 254 g/mol. The molecule has 0 saturated heterocycles. The SMILES string of the molecule is Cc1cnc(NN)nc1N1CCOc2ccccc2C1. The van der Waals surface area contributed by atoms with Crippen LogP contribution in [-0.4, -0.2) is 23.1 Å². The van der Waals surface area contributed by atoms with Crippen molar-refractivity contribution in [3.05, 3.63) is 41.6 Å². The zero-order valence-corrected chi connectivity index (χ0v) is 11.3. The van der Waals surface area contributed by atoms with Crippen LogP contribution in [0.1, 0.15) is 11.1 Å². The third kappa shape index (κ3) is 2.37. The maximum Gasteiger partial charge on any atom is 0.239 e. The number of nitrogen functional groups attached to an aromatic ring is 1. The van der Waals surface area contributed by atoms with Gasteiger partial charge in [0.15, 0.2) is 0 Å². The molecule has 1 aliphatic rings. The zero-order chi connectivity index (χ0) is 13.9.